The van der Waals surface area contributed by atoms with Crippen molar-refractivity contribution < 1.29 is 4.85 Å². The van der Waals surface area contributed by atoms with E-state index in [9.17, 15) is 5.21 Å². The van der Waals surface area contributed by atoms with E-state index in [2.05, 4.69) is 17.2 Å². The van der Waals surface area contributed by atoms with Gasteiger partial charge in [0.1, 0.15) is 11.9 Å². The molecule has 2 aromatic rings. The Morgan fingerprint density at radius 1 is 1.21 bits per heavy atom. The van der Waals surface area contributed by atoms with Crippen molar-refractivity contribution in [1.29, 1.82) is 0 Å². The second-order valence-corrected chi connectivity index (χ2v) is 4.34. The first kappa shape index (κ1) is 13.3. The van der Waals surface area contributed by atoms with Gasteiger partial charge in [-0.3, -0.25) is 0 Å². The van der Waals surface area contributed by atoms with Gasteiger partial charge in [0.2, 0.25) is 6.20 Å². The summed E-state index contributed by atoms with van der Waals surface area (Å²) in [6.07, 6.45) is 6.48. The molecule has 0 bridgehead atoms. The Kier molecular flexibility index (Phi) is 4.66. The summed E-state index contributed by atoms with van der Waals surface area (Å²) in [5.74, 6) is 0. The lowest BCUT2D eigenvalue weighted by molar-refractivity contribution is -0.683. The Balaban J connectivity index is 2.05. The molecule has 0 saturated heterocycles. The maximum absolute atomic E-state index is 11.8. The minimum absolute atomic E-state index is 0.579. The average molecular weight is 258 g/mol. The SMILES string of the molecule is CCCCCN=Nc1cn(-c2ccccc2)[n+]([O-])c1. The number of nitrogens with zero attached hydrogens (tertiary/aromatic N) is 4. The highest BCUT2D eigenvalue weighted by Crippen LogP contribution is 2.13. The van der Waals surface area contributed by atoms with Crippen LogP contribution < -0.4 is 4.85 Å². The van der Waals surface area contributed by atoms with Gasteiger partial charge >= 0.3 is 0 Å². The van der Waals surface area contributed by atoms with Gasteiger partial charge in [0.15, 0.2) is 5.69 Å². The summed E-state index contributed by atoms with van der Waals surface area (Å²) in [6, 6.07) is 9.44. The summed E-state index contributed by atoms with van der Waals surface area (Å²) in [6.45, 7) is 2.86. The number of hydrogen-bond acceptors (Lipinski definition) is 3. The fourth-order valence-electron chi connectivity index (χ4n) is 1.78. The van der Waals surface area contributed by atoms with E-state index >= 15 is 0 Å². The highest BCUT2D eigenvalue weighted by Gasteiger charge is 2.08. The molecule has 2 rings (SSSR count). The Morgan fingerprint density at radius 2 is 2.00 bits per heavy atom. The molecule has 0 atom stereocenters. The number of azo groups is 1. The second-order valence-electron chi connectivity index (χ2n) is 4.34. The van der Waals surface area contributed by atoms with E-state index in [-0.39, 0.29) is 0 Å². The first-order valence-corrected chi connectivity index (χ1v) is 6.56. The van der Waals surface area contributed by atoms with Gasteiger partial charge in [-0.2, -0.15) is 5.11 Å². The third-order valence-electron chi connectivity index (χ3n) is 2.78. The number of benzene rings is 1. The number of aromatic nitrogens is 2. The Morgan fingerprint density at radius 3 is 2.74 bits per heavy atom. The topological polar surface area (TPSA) is 56.6 Å². The molecule has 0 aliphatic rings. The van der Waals surface area contributed by atoms with Gasteiger partial charge in [0.25, 0.3) is 0 Å². The fourth-order valence-corrected chi connectivity index (χ4v) is 1.78. The maximum Gasteiger partial charge on any atom is 0.237 e. The Bertz CT molecular complexity index is 534. The van der Waals surface area contributed by atoms with E-state index in [1.54, 1.807) is 6.20 Å². The quantitative estimate of drug-likeness (QED) is 0.339. The maximum atomic E-state index is 11.8. The lowest BCUT2D eigenvalue weighted by Gasteiger charge is -2.00. The molecule has 0 spiro atoms. The van der Waals surface area contributed by atoms with Gasteiger partial charge in [-0.1, -0.05) is 42.8 Å². The summed E-state index contributed by atoms with van der Waals surface area (Å²) in [7, 11) is 0. The number of hydrogen-bond donors (Lipinski definition) is 0. The highest BCUT2D eigenvalue weighted by atomic mass is 16.5. The van der Waals surface area contributed by atoms with Crippen molar-refractivity contribution in [1.82, 2.24) is 4.68 Å². The third kappa shape index (κ3) is 3.64. The first-order chi connectivity index (χ1) is 9.31. The van der Waals surface area contributed by atoms with Crippen LogP contribution in [-0.2, 0) is 0 Å². The van der Waals surface area contributed by atoms with E-state index in [1.165, 1.54) is 17.3 Å². The van der Waals surface area contributed by atoms with Gasteiger partial charge in [-0.25, -0.2) is 0 Å². The molecule has 1 aromatic heterocycles. The van der Waals surface area contributed by atoms with Crippen LogP contribution in [0, 0.1) is 5.21 Å². The van der Waals surface area contributed by atoms with Crippen molar-refractivity contribution in [3.63, 3.8) is 0 Å². The molecule has 0 saturated carbocycles. The molecular weight excluding hydrogens is 240 g/mol. The number of unbranched alkanes of at least 4 members (excludes halogenated alkanes) is 2. The summed E-state index contributed by atoms with van der Waals surface area (Å²) in [5.41, 5.74) is 1.39. The second kappa shape index (κ2) is 6.68. The van der Waals surface area contributed by atoms with Crippen molar-refractivity contribution in [2.75, 3.05) is 6.54 Å². The first-order valence-electron chi connectivity index (χ1n) is 6.56. The van der Waals surface area contributed by atoms with Crippen molar-refractivity contribution in [2.24, 2.45) is 10.2 Å². The van der Waals surface area contributed by atoms with Crippen LogP contribution in [-0.4, -0.2) is 11.2 Å². The van der Waals surface area contributed by atoms with Crippen LogP contribution in [0.3, 0.4) is 0 Å². The predicted molar refractivity (Wildman–Crippen MR) is 73.6 cm³/mol. The molecule has 0 aliphatic heterocycles. The molecule has 1 heterocycles. The average Bonchev–Trinajstić information content (AvgIpc) is 2.81. The molecule has 0 N–H and O–H groups in total. The van der Waals surface area contributed by atoms with Crippen LogP contribution in [0.25, 0.3) is 5.69 Å². The zero-order valence-corrected chi connectivity index (χ0v) is 11.1. The zero-order chi connectivity index (χ0) is 13.5. The Hall–Kier alpha value is -2.17. The minimum atomic E-state index is 0.579. The van der Waals surface area contributed by atoms with E-state index in [1.807, 2.05) is 30.3 Å². The monoisotopic (exact) mass is 258 g/mol. The van der Waals surface area contributed by atoms with Crippen LogP contribution in [0.4, 0.5) is 5.69 Å². The predicted octanol–water partition coefficient (Wildman–Crippen LogP) is 3.38. The Labute approximate surface area is 112 Å². The van der Waals surface area contributed by atoms with Gasteiger partial charge in [-0.05, 0) is 18.6 Å². The molecule has 0 fully saturated rings. The smallest absolute Gasteiger partial charge is 0.237 e. The third-order valence-corrected chi connectivity index (χ3v) is 2.78. The molecule has 0 unspecified atom stereocenters. The molecule has 5 nitrogen and oxygen atoms in total. The summed E-state index contributed by atoms with van der Waals surface area (Å²) in [4.78, 5) is 0.760. The zero-order valence-electron chi connectivity index (χ0n) is 11.1. The fraction of sp³-hybridized carbons (Fsp3) is 0.357. The van der Waals surface area contributed by atoms with Crippen LogP contribution in [0.5, 0.6) is 0 Å². The van der Waals surface area contributed by atoms with Gasteiger partial charge in [0, 0.05) is 0 Å². The van der Waals surface area contributed by atoms with Crippen molar-refractivity contribution >= 4 is 5.69 Å². The largest absolute Gasteiger partial charge is 0.596 e. The highest BCUT2D eigenvalue weighted by molar-refractivity contribution is 5.34. The molecule has 0 aliphatic carbocycles. The molecular formula is C14H18N4O. The lowest BCUT2D eigenvalue weighted by Crippen LogP contribution is -2.34. The lowest BCUT2D eigenvalue weighted by atomic mass is 10.3. The number of rotatable bonds is 6. The molecule has 0 radical (unpaired) electrons. The van der Waals surface area contributed by atoms with Crippen molar-refractivity contribution in [2.45, 2.75) is 26.2 Å². The summed E-state index contributed by atoms with van der Waals surface area (Å²) >= 11 is 0. The van der Waals surface area contributed by atoms with Crippen LogP contribution in [0.2, 0.25) is 0 Å². The van der Waals surface area contributed by atoms with Gasteiger partial charge in [0.05, 0.1) is 6.54 Å². The van der Waals surface area contributed by atoms with E-state index in [0.717, 1.165) is 23.4 Å². The van der Waals surface area contributed by atoms with E-state index in [4.69, 9.17) is 0 Å². The van der Waals surface area contributed by atoms with E-state index in [0.29, 0.717) is 12.2 Å². The molecule has 1 aromatic carbocycles. The standard InChI is InChI=1S/C14H18N4O/c1-2-3-7-10-15-16-13-11-17(18(19)12-13)14-8-5-4-6-9-14/h4-6,8-9,11-12H,2-3,7,10H2,1H3. The molecule has 100 valence electrons. The number of para-hydroxylation sites is 1. The summed E-state index contributed by atoms with van der Waals surface area (Å²) in [5, 5.41) is 19.9. The van der Waals surface area contributed by atoms with Crippen molar-refractivity contribution in [3.8, 4) is 5.69 Å². The van der Waals surface area contributed by atoms with Crippen LogP contribution >= 0.6 is 0 Å². The molecule has 5 heteroatoms. The minimum Gasteiger partial charge on any atom is -0.596 e. The van der Waals surface area contributed by atoms with E-state index < -0.39 is 0 Å². The normalized spacial score (nSPS) is 11.2. The van der Waals surface area contributed by atoms with Crippen LogP contribution in [0.15, 0.2) is 53.0 Å². The van der Waals surface area contributed by atoms with Gasteiger partial charge < -0.3 is 5.21 Å². The van der Waals surface area contributed by atoms with Crippen LogP contribution in [0.1, 0.15) is 26.2 Å². The molecule has 0 amide bonds. The molecule has 19 heavy (non-hydrogen) atoms. The van der Waals surface area contributed by atoms with Crippen molar-refractivity contribution in [3.05, 3.63) is 47.9 Å². The summed E-state index contributed by atoms with van der Waals surface area (Å²) < 4.78 is 1.50. The van der Waals surface area contributed by atoms with Gasteiger partial charge in [-0.15, -0.1) is 9.80 Å².